The first kappa shape index (κ1) is 10.0. The molecule has 0 amide bonds. The molecule has 0 saturated heterocycles. The van der Waals surface area contributed by atoms with E-state index < -0.39 is 0 Å². The van der Waals surface area contributed by atoms with Crippen LogP contribution in [0.3, 0.4) is 0 Å². The molecule has 0 spiro atoms. The van der Waals surface area contributed by atoms with E-state index in [0.717, 1.165) is 11.5 Å². The number of rotatable bonds is 4. The highest BCUT2D eigenvalue weighted by atomic mass is 16.5. The van der Waals surface area contributed by atoms with Crippen LogP contribution in [0.15, 0.2) is 24.3 Å². The first-order chi connectivity index (χ1) is 7.28. The normalized spacial score (nSPS) is 15.9. The van der Waals surface area contributed by atoms with Gasteiger partial charge in [0.05, 0.1) is 6.61 Å². The number of carbonyl (C=O) groups is 1. The molecule has 0 aliphatic heterocycles. The van der Waals surface area contributed by atoms with E-state index in [-0.39, 0.29) is 11.9 Å². The summed E-state index contributed by atoms with van der Waals surface area (Å²) in [6, 6.07) is 7.49. The lowest BCUT2D eigenvalue weighted by Gasteiger charge is -2.25. The van der Waals surface area contributed by atoms with Gasteiger partial charge >= 0.3 is 0 Å². The molecule has 3 nitrogen and oxygen atoms in total. The Morgan fingerprint density at radius 3 is 2.33 bits per heavy atom. The molecule has 1 aromatic rings. The molecule has 0 atom stereocenters. The zero-order valence-electron chi connectivity index (χ0n) is 8.73. The van der Waals surface area contributed by atoms with Crippen LogP contribution in [0.5, 0.6) is 11.5 Å². The number of benzene rings is 1. The van der Waals surface area contributed by atoms with E-state index in [1.807, 2.05) is 31.2 Å². The van der Waals surface area contributed by atoms with Crippen molar-refractivity contribution in [2.75, 3.05) is 6.61 Å². The van der Waals surface area contributed by atoms with Crippen LogP contribution in [-0.2, 0) is 4.79 Å². The first-order valence-corrected chi connectivity index (χ1v) is 5.19. The van der Waals surface area contributed by atoms with Gasteiger partial charge in [-0.3, -0.25) is 4.79 Å². The molecule has 15 heavy (non-hydrogen) atoms. The Hall–Kier alpha value is -1.51. The summed E-state index contributed by atoms with van der Waals surface area (Å²) in [6.45, 7) is 2.61. The second-order valence-corrected chi connectivity index (χ2v) is 3.59. The maximum atomic E-state index is 10.7. The lowest BCUT2D eigenvalue weighted by molar-refractivity contribution is -0.129. The van der Waals surface area contributed by atoms with Gasteiger partial charge in [-0.05, 0) is 31.2 Å². The van der Waals surface area contributed by atoms with Crippen LogP contribution >= 0.6 is 0 Å². The van der Waals surface area contributed by atoms with Gasteiger partial charge in [-0.1, -0.05) is 0 Å². The molecule has 1 aliphatic carbocycles. The molecular weight excluding hydrogens is 192 g/mol. The summed E-state index contributed by atoms with van der Waals surface area (Å²) in [5.74, 6) is 1.93. The fraction of sp³-hybridized carbons (Fsp3) is 0.417. The standard InChI is InChI=1S/C12H14O3/c1-2-14-10-3-5-11(6-4-10)15-12-7-9(13)8-12/h3-6,12H,2,7-8H2,1H3. The van der Waals surface area contributed by atoms with Gasteiger partial charge in [-0.2, -0.15) is 0 Å². The minimum Gasteiger partial charge on any atom is -0.494 e. The van der Waals surface area contributed by atoms with Crippen molar-refractivity contribution in [1.29, 1.82) is 0 Å². The summed E-state index contributed by atoms with van der Waals surface area (Å²) in [4.78, 5) is 10.7. The van der Waals surface area contributed by atoms with Crippen molar-refractivity contribution in [2.45, 2.75) is 25.9 Å². The van der Waals surface area contributed by atoms with Crippen LogP contribution in [0.1, 0.15) is 19.8 Å². The van der Waals surface area contributed by atoms with Crippen LogP contribution in [0.4, 0.5) is 0 Å². The van der Waals surface area contributed by atoms with Crippen molar-refractivity contribution in [3.8, 4) is 11.5 Å². The van der Waals surface area contributed by atoms with Crippen molar-refractivity contribution >= 4 is 5.78 Å². The third kappa shape index (κ3) is 2.49. The van der Waals surface area contributed by atoms with Gasteiger partial charge in [0.25, 0.3) is 0 Å². The third-order valence-electron chi connectivity index (χ3n) is 2.35. The predicted molar refractivity (Wildman–Crippen MR) is 56.3 cm³/mol. The van der Waals surface area contributed by atoms with Gasteiger partial charge in [-0.25, -0.2) is 0 Å². The van der Waals surface area contributed by atoms with Crippen LogP contribution in [0.2, 0.25) is 0 Å². The maximum absolute atomic E-state index is 10.7. The Morgan fingerprint density at radius 2 is 1.80 bits per heavy atom. The van der Waals surface area contributed by atoms with E-state index in [4.69, 9.17) is 9.47 Å². The van der Waals surface area contributed by atoms with Crippen molar-refractivity contribution in [1.82, 2.24) is 0 Å². The first-order valence-electron chi connectivity index (χ1n) is 5.19. The number of Topliss-reactive ketones (excluding diaryl/α,β-unsaturated/α-hetero) is 1. The summed E-state index contributed by atoms with van der Waals surface area (Å²) in [7, 11) is 0. The van der Waals surface area contributed by atoms with Crippen molar-refractivity contribution in [3.05, 3.63) is 24.3 Å². The van der Waals surface area contributed by atoms with E-state index in [0.29, 0.717) is 19.4 Å². The number of hydrogen-bond acceptors (Lipinski definition) is 3. The van der Waals surface area contributed by atoms with E-state index >= 15 is 0 Å². The van der Waals surface area contributed by atoms with E-state index in [1.165, 1.54) is 0 Å². The van der Waals surface area contributed by atoms with Crippen molar-refractivity contribution < 1.29 is 14.3 Å². The van der Waals surface area contributed by atoms with Crippen LogP contribution in [0, 0.1) is 0 Å². The van der Waals surface area contributed by atoms with Gasteiger partial charge in [0, 0.05) is 12.8 Å². The quantitative estimate of drug-likeness (QED) is 0.757. The van der Waals surface area contributed by atoms with Crippen LogP contribution in [0.25, 0.3) is 0 Å². The number of carbonyl (C=O) groups excluding carboxylic acids is 1. The average Bonchev–Trinajstić information content (AvgIpc) is 2.19. The molecule has 0 radical (unpaired) electrons. The molecule has 0 aromatic heterocycles. The molecule has 0 bridgehead atoms. The molecule has 1 aromatic carbocycles. The van der Waals surface area contributed by atoms with Crippen LogP contribution in [-0.4, -0.2) is 18.5 Å². The Labute approximate surface area is 89.0 Å². The fourth-order valence-electron chi connectivity index (χ4n) is 1.50. The molecule has 1 aliphatic rings. The highest BCUT2D eigenvalue weighted by Crippen LogP contribution is 2.24. The number of hydrogen-bond donors (Lipinski definition) is 0. The molecular formula is C12H14O3. The maximum Gasteiger partial charge on any atom is 0.140 e. The summed E-state index contributed by atoms with van der Waals surface area (Å²) in [5, 5.41) is 0. The second kappa shape index (κ2) is 4.34. The van der Waals surface area contributed by atoms with Gasteiger partial charge in [0.1, 0.15) is 23.4 Å². The number of ether oxygens (including phenoxy) is 2. The van der Waals surface area contributed by atoms with Gasteiger partial charge in [0.2, 0.25) is 0 Å². The summed E-state index contributed by atoms with van der Waals surface area (Å²) >= 11 is 0. The minimum absolute atomic E-state index is 0.0791. The zero-order chi connectivity index (χ0) is 10.7. The van der Waals surface area contributed by atoms with Crippen molar-refractivity contribution in [2.24, 2.45) is 0 Å². The molecule has 80 valence electrons. The minimum atomic E-state index is 0.0791. The highest BCUT2D eigenvalue weighted by molar-refractivity contribution is 5.85. The van der Waals surface area contributed by atoms with Gasteiger partial charge < -0.3 is 9.47 Å². The molecule has 2 rings (SSSR count). The second-order valence-electron chi connectivity index (χ2n) is 3.59. The summed E-state index contributed by atoms with van der Waals surface area (Å²) in [5.41, 5.74) is 0. The lowest BCUT2D eigenvalue weighted by Crippen LogP contribution is -2.33. The topological polar surface area (TPSA) is 35.5 Å². The predicted octanol–water partition coefficient (Wildman–Crippen LogP) is 2.20. The largest absolute Gasteiger partial charge is 0.494 e. The molecule has 0 heterocycles. The smallest absolute Gasteiger partial charge is 0.140 e. The Kier molecular flexibility index (Phi) is 2.90. The number of ketones is 1. The zero-order valence-corrected chi connectivity index (χ0v) is 8.73. The SMILES string of the molecule is CCOc1ccc(OC2CC(=O)C2)cc1. The van der Waals surface area contributed by atoms with E-state index in [1.54, 1.807) is 0 Å². The average molecular weight is 206 g/mol. The summed E-state index contributed by atoms with van der Waals surface area (Å²) < 4.78 is 10.9. The third-order valence-corrected chi connectivity index (χ3v) is 2.35. The van der Waals surface area contributed by atoms with Gasteiger partial charge in [0.15, 0.2) is 0 Å². The van der Waals surface area contributed by atoms with Gasteiger partial charge in [-0.15, -0.1) is 0 Å². The Morgan fingerprint density at radius 1 is 1.20 bits per heavy atom. The Balaban J connectivity index is 1.89. The van der Waals surface area contributed by atoms with E-state index in [2.05, 4.69) is 0 Å². The Bertz CT molecular complexity index is 334. The van der Waals surface area contributed by atoms with Crippen LogP contribution < -0.4 is 9.47 Å². The molecule has 1 fully saturated rings. The van der Waals surface area contributed by atoms with Crippen molar-refractivity contribution in [3.63, 3.8) is 0 Å². The van der Waals surface area contributed by atoms with E-state index in [9.17, 15) is 4.79 Å². The molecule has 0 unspecified atom stereocenters. The highest BCUT2D eigenvalue weighted by Gasteiger charge is 2.28. The monoisotopic (exact) mass is 206 g/mol. The molecule has 1 saturated carbocycles. The molecule has 0 N–H and O–H groups in total. The fourth-order valence-corrected chi connectivity index (χ4v) is 1.50. The summed E-state index contributed by atoms with van der Waals surface area (Å²) in [6.07, 6.45) is 1.18. The molecule has 3 heteroatoms. The lowest BCUT2D eigenvalue weighted by atomic mass is 9.94.